The van der Waals surface area contributed by atoms with Gasteiger partial charge in [-0.3, -0.25) is 4.98 Å². The Kier molecular flexibility index (Phi) is 5.51. The van der Waals surface area contributed by atoms with Crippen LogP contribution in [0.4, 0.5) is 16.3 Å². The molecule has 0 spiro atoms. The molecular formula is C21H22N6O2. The number of piperazine rings is 1. The van der Waals surface area contributed by atoms with Gasteiger partial charge in [-0.15, -0.1) is 0 Å². The number of aromatic nitrogens is 3. The molecule has 4 rings (SSSR count). The van der Waals surface area contributed by atoms with Gasteiger partial charge in [0.25, 0.3) is 0 Å². The number of benzene rings is 1. The van der Waals surface area contributed by atoms with Crippen molar-refractivity contribution in [1.29, 1.82) is 0 Å². The minimum atomic E-state index is -0.113. The summed E-state index contributed by atoms with van der Waals surface area (Å²) in [6.07, 6.45) is 6.83. The lowest BCUT2D eigenvalue weighted by atomic mass is 10.3. The zero-order valence-electron chi connectivity index (χ0n) is 16.2. The molecule has 0 atom stereocenters. The van der Waals surface area contributed by atoms with Crippen molar-refractivity contribution in [3.63, 3.8) is 0 Å². The first-order chi connectivity index (χ1) is 14.2. The second-order valence-corrected chi connectivity index (χ2v) is 6.77. The zero-order chi connectivity index (χ0) is 20.1. The molecule has 2 aromatic heterocycles. The van der Waals surface area contributed by atoms with Crippen LogP contribution in [0.15, 0.2) is 61.2 Å². The predicted octanol–water partition coefficient (Wildman–Crippen LogP) is 3.33. The number of hydrogen-bond acceptors (Lipinski definition) is 6. The van der Waals surface area contributed by atoms with E-state index in [0.29, 0.717) is 24.7 Å². The SMILES string of the molecule is Cc1ccc(Oc2ccc(NC(=O)N3CCN(c4cnccn4)CC3)cc2)nc1. The van der Waals surface area contributed by atoms with E-state index in [1.165, 1.54) is 0 Å². The van der Waals surface area contributed by atoms with Crippen molar-refractivity contribution in [2.45, 2.75) is 6.92 Å². The van der Waals surface area contributed by atoms with Crippen LogP contribution in [0.25, 0.3) is 0 Å². The lowest BCUT2D eigenvalue weighted by Gasteiger charge is -2.35. The summed E-state index contributed by atoms with van der Waals surface area (Å²) in [4.78, 5) is 29.1. The Morgan fingerprint density at radius 3 is 2.41 bits per heavy atom. The number of pyridine rings is 1. The van der Waals surface area contributed by atoms with E-state index >= 15 is 0 Å². The molecule has 0 saturated carbocycles. The van der Waals surface area contributed by atoms with Crippen LogP contribution in [0.2, 0.25) is 0 Å². The first kappa shape index (κ1) is 18.7. The van der Waals surface area contributed by atoms with Gasteiger partial charge in [0.2, 0.25) is 5.88 Å². The van der Waals surface area contributed by atoms with Gasteiger partial charge in [0, 0.05) is 56.5 Å². The second-order valence-electron chi connectivity index (χ2n) is 6.77. The molecule has 1 saturated heterocycles. The van der Waals surface area contributed by atoms with Gasteiger partial charge in [0.05, 0.1) is 6.20 Å². The number of ether oxygens (including phenoxy) is 1. The van der Waals surface area contributed by atoms with Gasteiger partial charge in [-0.25, -0.2) is 14.8 Å². The van der Waals surface area contributed by atoms with Gasteiger partial charge in [0.15, 0.2) is 0 Å². The molecule has 3 aromatic rings. The van der Waals surface area contributed by atoms with Crippen molar-refractivity contribution < 1.29 is 9.53 Å². The summed E-state index contributed by atoms with van der Waals surface area (Å²) in [6, 6.07) is 10.9. The van der Waals surface area contributed by atoms with E-state index in [9.17, 15) is 4.79 Å². The van der Waals surface area contributed by atoms with E-state index in [-0.39, 0.29) is 6.03 Å². The molecular weight excluding hydrogens is 368 g/mol. The maximum atomic E-state index is 12.5. The monoisotopic (exact) mass is 390 g/mol. The molecule has 148 valence electrons. The average Bonchev–Trinajstić information content (AvgIpc) is 2.77. The lowest BCUT2D eigenvalue weighted by molar-refractivity contribution is 0.208. The van der Waals surface area contributed by atoms with Crippen LogP contribution >= 0.6 is 0 Å². The first-order valence-electron chi connectivity index (χ1n) is 9.45. The minimum absolute atomic E-state index is 0.113. The molecule has 1 aliphatic heterocycles. The van der Waals surface area contributed by atoms with Gasteiger partial charge in [0.1, 0.15) is 11.6 Å². The van der Waals surface area contributed by atoms with Crippen molar-refractivity contribution in [3.05, 3.63) is 66.7 Å². The van der Waals surface area contributed by atoms with Crippen LogP contribution in [0, 0.1) is 6.92 Å². The third-order valence-electron chi connectivity index (χ3n) is 4.65. The highest BCUT2D eigenvalue weighted by Gasteiger charge is 2.22. The second kappa shape index (κ2) is 8.55. The van der Waals surface area contributed by atoms with E-state index in [1.54, 1.807) is 29.7 Å². The molecule has 1 aliphatic rings. The van der Waals surface area contributed by atoms with Crippen molar-refractivity contribution in [2.75, 3.05) is 36.4 Å². The molecule has 0 unspecified atom stereocenters. The van der Waals surface area contributed by atoms with Crippen LogP contribution in [0.5, 0.6) is 11.6 Å². The predicted molar refractivity (Wildman–Crippen MR) is 110 cm³/mol. The summed E-state index contributed by atoms with van der Waals surface area (Å²) in [7, 11) is 0. The topological polar surface area (TPSA) is 83.5 Å². The summed E-state index contributed by atoms with van der Waals surface area (Å²) in [6.45, 7) is 4.68. The fourth-order valence-corrected chi connectivity index (χ4v) is 3.04. The number of urea groups is 1. The molecule has 3 heterocycles. The van der Waals surface area contributed by atoms with Crippen LogP contribution in [-0.2, 0) is 0 Å². The van der Waals surface area contributed by atoms with Gasteiger partial charge in [-0.1, -0.05) is 6.07 Å². The van der Waals surface area contributed by atoms with Crippen molar-refractivity contribution >= 4 is 17.5 Å². The fraction of sp³-hybridized carbons (Fsp3) is 0.238. The van der Waals surface area contributed by atoms with Crippen LogP contribution < -0.4 is 15.0 Å². The maximum Gasteiger partial charge on any atom is 0.321 e. The average molecular weight is 390 g/mol. The summed E-state index contributed by atoms with van der Waals surface area (Å²) in [5.74, 6) is 2.04. The molecule has 1 aromatic carbocycles. The summed E-state index contributed by atoms with van der Waals surface area (Å²) >= 11 is 0. The lowest BCUT2D eigenvalue weighted by Crippen LogP contribution is -2.50. The number of carbonyl (C=O) groups excluding carboxylic acids is 1. The highest BCUT2D eigenvalue weighted by molar-refractivity contribution is 5.89. The van der Waals surface area contributed by atoms with Crippen molar-refractivity contribution in [1.82, 2.24) is 19.9 Å². The van der Waals surface area contributed by atoms with Gasteiger partial charge < -0.3 is 19.9 Å². The number of hydrogen-bond donors (Lipinski definition) is 1. The Balaban J connectivity index is 1.29. The summed E-state index contributed by atoms with van der Waals surface area (Å²) in [5.41, 5.74) is 1.79. The van der Waals surface area contributed by atoms with E-state index < -0.39 is 0 Å². The minimum Gasteiger partial charge on any atom is -0.439 e. The molecule has 0 bridgehead atoms. The highest BCUT2D eigenvalue weighted by Crippen LogP contribution is 2.22. The Bertz CT molecular complexity index is 939. The zero-order valence-corrected chi connectivity index (χ0v) is 16.2. The number of nitrogens with one attached hydrogen (secondary N) is 1. The van der Waals surface area contributed by atoms with Crippen molar-refractivity contribution in [2.24, 2.45) is 0 Å². The third kappa shape index (κ3) is 4.78. The Morgan fingerprint density at radius 1 is 0.966 bits per heavy atom. The summed E-state index contributed by atoms with van der Waals surface area (Å²) < 4.78 is 5.71. The van der Waals surface area contributed by atoms with Crippen LogP contribution in [-0.4, -0.2) is 52.1 Å². The molecule has 8 heteroatoms. The van der Waals surface area contributed by atoms with Gasteiger partial charge >= 0.3 is 6.03 Å². The number of carbonyl (C=O) groups is 1. The molecule has 29 heavy (non-hydrogen) atoms. The Labute approximate surface area is 169 Å². The fourth-order valence-electron chi connectivity index (χ4n) is 3.04. The first-order valence-corrected chi connectivity index (χ1v) is 9.45. The Morgan fingerprint density at radius 2 is 1.76 bits per heavy atom. The standard InChI is InChI=1S/C21H22N6O2/c1-16-2-7-20(24-14-16)29-18-5-3-17(4-6-18)25-21(28)27-12-10-26(11-13-27)19-15-22-8-9-23-19/h2-9,14-15H,10-13H2,1H3,(H,25,28). The van der Waals surface area contributed by atoms with E-state index in [2.05, 4.69) is 25.2 Å². The summed E-state index contributed by atoms with van der Waals surface area (Å²) in [5, 5.41) is 2.93. The number of anilines is 2. The van der Waals surface area contributed by atoms with Crippen LogP contribution in [0.3, 0.4) is 0 Å². The van der Waals surface area contributed by atoms with Gasteiger partial charge in [-0.2, -0.15) is 0 Å². The normalized spacial score (nSPS) is 13.8. The van der Waals surface area contributed by atoms with Crippen LogP contribution in [0.1, 0.15) is 5.56 Å². The Hall–Kier alpha value is -3.68. The van der Waals surface area contributed by atoms with Gasteiger partial charge in [-0.05, 0) is 36.8 Å². The van der Waals surface area contributed by atoms with E-state index in [4.69, 9.17) is 4.74 Å². The van der Waals surface area contributed by atoms with Crippen molar-refractivity contribution in [3.8, 4) is 11.6 Å². The van der Waals surface area contributed by atoms with E-state index in [1.807, 2.05) is 43.3 Å². The molecule has 1 N–H and O–H groups in total. The highest BCUT2D eigenvalue weighted by atomic mass is 16.5. The number of rotatable bonds is 4. The smallest absolute Gasteiger partial charge is 0.321 e. The number of aryl methyl sites for hydroxylation is 1. The molecule has 1 fully saturated rings. The maximum absolute atomic E-state index is 12.5. The molecule has 8 nitrogen and oxygen atoms in total. The molecule has 0 aliphatic carbocycles. The molecule has 2 amide bonds. The van der Waals surface area contributed by atoms with E-state index in [0.717, 1.165) is 30.2 Å². The number of nitrogens with zero attached hydrogens (tertiary/aromatic N) is 5. The quantitative estimate of drug-likeness (QED) is 0.736. The molecule has 0 radical (unpaired) electrons. The third-order valence-corrected chi connectivity index (χ3v) is 4.65. The number of amides is 2. The largest absolute Gasteiger partial charge is 0.439 e.